The maximum Gasteiger partial charge on any atom is 1.00 e. The molecule has 1 nitrogen and oxygen atoms in total. The molecule has 0 fully saturated rings. The van der Waals surface area contributed by atoms with E-state index in [0.717, 1.165) is 0 Å². The molecule has 0 radical (unpaired) electrons. The van der Waals surface area contributed by atoms with Gasteiger partial charge < -0.3 is 1.43 Å². The van der Waals surface area contributed by atoms with Crippen molar-refractivity contribution in [2.45, 2.75) is 0 Å². The normalized spacial score (nSPS) is 1.00. The average Bonchev–Trinajstić information content (AvgIpc) is 1.00. The van der Waals surface area contributed by atoms with E-state index in [0.29, 0.717) is 0 Å². The van der Waals surface area contributed by atoms with Gasteiger partial charge in [-0.25, -0.2) is 0 Å². The molecular weight excluding hydrogens is 145 g/mol. The van der Waals surface area contributed by atoms with Gasteiger partial charge >= 0.3 is 18.9 Å². The molecule has 0 saturated heterocycles. The Kier molecular flexibility index (Phi) is 103. The van der Waals surface area contributed by atoms with Gasteiger partial charge in [-0.15, -0.1) is 0 Å². The van der Waals surface area contributed by atoms with Crippen LogP contribution in [0.4, 0.5) is 0 Å². The van der Waals surface area contributed by atoms with Crippen LogP contribution in [0.25, 0.3) is 0 Å². The van der Waals surface area contributed by atoms with Crippen molar-refractivity contribution in [3.8, 4) is 0 Å². The molecule has 0 amide bonds. The van der Waals surface area contributed by atoms with Gasteiger partial charge in [-0.2, -0.15) is 0 Å². The van der Waals surface area contributed by atoms with E-state index in [1.54, 1.807) is 9.12 Å². The fourth-order valence-electron chi connectivity index (χ4n) is 0. The SMILES string of the molecule is O=P.[H-].[Li+].[Zr]. The Bertz CT molecular complexity index is 11.6. The van der Waals surface area contributed by atoms with Crippen molar-refractivity contribution in [2.24, 2.45) is 0 Å². The van der Waals surface area contributed by atoms with Gasteiger partial charge in [-0.3, -0.25) is 4.57 Å². The van der Waals surface area contributed by atoms with Crippen LogP contribution in [0.15, 0.2) is 0 Å². The summed E-state index contributed by atoms with van der Waals surface area (Å²) in [4.78, 5) is 0. The molecule has 0 N–H and O–H groups in total. The van der Waals surface area contributed by atoms with E-state index in [4.69, 9.17) is 4.57 Å². The van der Waals surface area contributed by atoms with Gasteiger partial charge in [0.25, 0.3) is 0 Å². The average molecular weight is 147 g/mol. The first-order valence-electron chi connectivity index (χ1n) is 0.204. The van der Waals surface area contributed by atoms with Crippen LogP contribution in [0.5, 0.6) is 0 Å². The van der Waals surface area contributed by atoms with Crippen LogP contribution < -0.4 is 18.9 Å². The van der Waals surface area contributed by atoms with Crippen LogP contribution in [0, 0.1) is 0 Å². The zero-order chi connectivity index (χ0) is 2.00. The van der Waals surface area contributed by atoms with Crippen molar-refractivity contribution >= 4 is 9.12 Å². The third-order valence-electron chi connectivity index (χ3n) is 0. The first-order valence-corrected chi connectivity index (χ1v) is 0.612. The van der Waals surface area contributed by atoms with E-state index >= 15 is 0 Å². The van der Waals surface area contributed by atoms with Crippen molar-refractivity contribution in [1.29, 1.82) is 0 Å². The van der Waals surface area contributed by atoms with Gasteiger partial charge in [0.15, 0.2) is 0 Å². The molecule has 4 heavy (non-hydrogen) atoms. The molecule has 0 aliphatic rings. The predicted octanol–water partition coefficient (Wildman–Crippen LogP) is -2.41. The van der Waals surface area contributed by atoms with E-state index in [-0.39, 0.29) is 46.5 Å². The second-order valence-electron chi connectivity index (χ2n) is 0. The largest absolute Gasteiger partial charge is 1.00 e. The van der Waals surface area contributed by atoms with E-state index < -0.39 is 0 Å². The van der Waals surface area contributed by atoms with Crippen LogP contribution >= 0.6 is 9.12 Å². The molecule has 0 atom stereocenters. The number of hydrogen-bond donors (Lipinski definition) is 0. The van der Waals surface area contributed by atoms with Crippen molar-refractivity contribution in [1.82, 2.24) is 0 Å². The Morgan fingerprint density at radius 3 is 1.50 bits per heavy atom. The van der Waals surface area contributed by atoms with Gasteiger partial charge in [0, 0.05) is 26.2 Å². The van der Waals surface area contributed by atoms with E-state index in [9.17, 15) is 0 Å². The Labute approximate surface area is 59.9 Å². The second kappa shape index (κ2) is 23.5. The van der Waals surface area contributed by atoms with Gasteiger partial charge in [0.2, 0.25) is 0 Å². The van der Waals surface area contributed by atoms with Crippen LogP contribution in [0.3, 0.4) is 0 Å². The summed E-state index contributed by atoms with van der Waals surface area (Å²) < 4.78 is 8.06. The first-order chi connectivity index (χ1) is 1.00. The summed E-state index contributed by atoms with van der Waals surface area (Å²) in [6, 6.07) is 0. The standard InChI is InChI=1S/Li.HOP.Zr.H/c;1-2;;/h;2H;;/q+1;;;-1. The first kappa shape index (κ1) is 17.6. The molecular formula is H2LiOPZr. The zero-order valence-corrected chi connectivity index (χ0v) is 5.87. The summed E-state index contributed by atoms with van der Waals surface area (Å²) in [5.41, 5.74) is 0. The van der Waals surface area contributed by atoms with Gasteiger partial charge in [0.1, 0.15) is 9.12 Å². The molecule has 0 aliphatic carbocycles. The van der Waals surface area contributed by atoms with Gasteiger partial charge in [0.05, 0.1) is 0 Å². The summed E-state index contributed by atoms with van der Waals surface area (Å²) >= 11 is 0. The van der Waals surface area contributed by atoms with Crippen LogP contribution in [-0.4, -0.2) is 0 Å². The maximum atomic E-state index is 8.06. The van der Waals surface area contributed by atoms with Crippen LogP contribution in [-0.2, 0) is 30.8 Å². The monoisotopic (exact) mass is 146 g/mol. The predicted molar refractivity (Wildman–Crippen MR) is 10.1 cm³/mol. The fraction of sp³-hybridized carbons (Fsp3) is 0. The zero-order valence-electron chi connectivity index (χ0n) is 3.41. The second-order valence-corrected chi connectivity index (χ2v) is 0. The topological polar surface area (TPSA) is 17.1 Å². The van der Waals surface area contributed by atoms with Gasteiger partial charge in [-0.1, -0.05) is 0 Å². The summed E-state index contributed by atoms with van der Waals surface area (Å²) in [7, 11) is 1.72. The minimum Gasteiger partial charge on any atom is -1.00 e. The summed E-state index contributed by atoms with van der Waals surface area (Å²) in [6.07, 6.45) is 0. The maximum absolute atomic E-state index is 8.06. The van der Waals surface area contributed by atoms with E-state index in [1.165, 1.54) is 0 Å². The Hall–Kier alpha value is 1.58. The number of rotatable bonds is 0. The Balaban J connectivity index is -0.00000000167. The molecule has 0 heterocycles. The van der Waals surface area contributed by atoms with Crippen molar-refractivity contribution < 1.29 is 51.1 Å². The van der Waals surface area contributed by atoms with Crippen molar-refractivity contribution in [2.75, 3.05) is 0 Å². The molecule has 0 saturated carbocycles. The summed E-state index contributed by atoms with van der Waals surface area (Å²) in [5.74, 6) is 0. The smallest absolute Gasteiger partial charge is 1.00 e. The Morgan fingerprint density at radius 1 is 1.50 bits per heavy atom. The van der Waals surface area contributed by atoms with Crippen LogP contribution in [0.2, 0.25) is 0 Å². The van der Waals surface area contributed by atoms with Crippen molar-refractivity contribution in [3.63, 3.8) is 0 Å². The van der Waals surface area contributed by atoms with E-state index in [2.05, 4.69) is 0 Å². The van der Waals surface area contributed by atoms with Gasteiger partial charge in [-0.05, 0) is 0 Å². The molecule has 0 rings (SSSR count). The molecule has 0 unspecified atom stereocenters. The summed E-state index contributed by atoms with van der Waals surface area (Å²) in [5, 5.41) is 0. The molecule has 0 aromatic carbocycles. The molecule has 0 aromatic rings. The van der Waals surface area contributed by atoms with Crippen LogP contribution in [0.1, 0.15) is 1.43 Å². The fourth-order valence-corrected chi connectivity index (χ4v) is 0. The minimum absolute atomic E-state index is 0. The number of hydrogen-bond acceptors (Lipinski definition) is 1. The molecule has 0 aromatic heterocycles. The minimum atomic E-state index is 0. The third kappa shape index (κ3) is 9.54. The quantitative estimate of drug-likeness (QED) is 0.275. The van der Waals surface area contributed by atoms with Crippen molar-refractivity contribution in [3.05, 3.63) is 0 Å². The Morgan fingerprint density at radius 2 is 1.50 bits per heavy atom. The molecule has 0 bridgehead atoms. The summed E-state index contributed by atoms with van der Waals surface area (Å²) in [6.45, 7) is 0. The third-order valence-corrected chi connectivity index (χ3v) is 0. The molecule has 18 valence electrons. The molecule has 0 spiro atoms. The molecule has 4 heteroatoms. The molecule has 0 aliphatic heterocycles. The van der Waals surface area contributed by atoms with E-state index in [1.807, 2.05) is 0 Å².